The summed E-state index contributed by atoms with van der Waals surface area (Å²) in [6, 6.07) is 7.85. The number of amides is 1. The van der Waals surface area contributed by atoms with E-state index in [9.17, 15) is 9.59 Å². The van der Waals surface area contributed by atoms with Gasteiger partial charge in [-0.25, -0.2) is 0 Å². The predicted molar refractivity (Wildman–Crippen MR) is 130 cm³/mol. The van der Waals surface area contributed by atoms with Gasteiger partial charge in [-0.3, -0.25) is 14.2 Å². The summed E-state index contributed by atoms with van der Waals surface area (Å²) in [7, 11) is 0. The monoisotopic (exact) mass is 468 g/mol. The van der Waals surface area contributed by atoms with Crippen molar-refractivity contribution in [3.8, 4) is 0 Å². The minimum absolute atomic E-state index is 0.0489. The topological polar surface area (TPSA) is 81.0 Å². The third-order valence-corrected chi connectivity index (χ3v) is 6.75. The second-order valence-corrected chi connectivity index (χ2v) is 9.27. The molecule has 2 aromatic rings. The van der Waals surface area contributed by atoms with Gasteiger partial charge >= 0.3 is 0 Å². The summed E-state index contributed by atoms with van der Waals surface area (Å²) in [6.45, 7) is 3.63. The van der Waals surface area contributed by atoms with Crippen LogP contribution in [0, 0.1) is 0 Å². The summed E-state index contributed by atoms with van der Waals surface area (Å²) in [5.41, 5.74) is 1.86. The van der Waals surface area contributed by atoms with Gasteiger partial charge in [0.2, 0.25) is 12.2 Å². The minimum Gasteiger partial charge on any atom is -0.459 e. The molecule has 0 spiro atoms. The number of carbonyl (C=O) groups excluding carboxylic acids is 2. The maximum Gasteiger partial charge on any atom is 0.288 e. The second-order valence-electron chi connectivity index (χ2n) is 9.27. The third-order valence-electron chi connectivity index (χ3n) is 6.75. The molecular formula is C27H36N2O5. The van der Waals surface area contributed by atoms with Crippen molar-refractivity contribution < 1.29 is 24.2 Å². The van der Waals surface area contributed by atoms with E-state index in [1.807, 2.05) is 41.4 Å². The van der Waals surface area contributed by atoms with Crippen LogP contribution in [0.15, 0.2) is 42.3 Å². The maximum atomic E-state index is 13.5. The largest absolute Gasteiger partial charge is 0.459 e. The normalized spacial score (nSPS) is 21.5. The van der Waals surface area contributed by atoms with E-state index in [4.69, 9.17) is 14.6 Å². The molecule has 1 aromatic heterocycles. The summed E-state index contributed by atoms with van der Waals surface area (Å²) >= 11 is 0. The first-order valence-electron chi connectivity index (χ1n) is 12.6. The van der Waals surface area contributed by atoms with Gasteiger partial charge in [0.1, 0.15) is 0 Å². The highest BCUT2D eigenvalue weighted by atomic mass is 16.7. The summed E-state index contributed by atoms with van der Waals surface area (Å²) in [5, 5.41) is 10.1. The molecule has 34 heavy (non-hydrogen) atoms. The zero-order chi connectivity index (χ0) is 23.9. The molecule has 184 valence electrons. The number of carbonyl (C=O) groups is 2. The first-order valence-corrected chi connectivity index (χ1v) is 12.6. The molecule has 1 amide bonds. The molecule has 0 aliphatic carbocycles. The number of fused-ring (bicyclic) bond motifs is 1. The molecule has 1 aromatic carbocycles. The average Bonchev–Trinajstić information content (AvgIpc) is 3.21. The lowest BCUT2D eigenvalue weighted by molar-refractivity contribution is -0.153. The molecule has 2 atom stereocenters. The third kappa shape index (κ3) is 5.70. The van der Waals surface area contributed by atoms with Crippen LogP contribution in [-0.2, 0) is 14.3 Å². The van der Waals surface area contributed by atoms with E-state index in [1.165, 1.54) is 6.42 Å². The van der Waals surface area contributed by atoms with Crippen molar-refractivity contribution in [3.63, 3.8) is 0 Å². The van der Waals surface area contributed by atoms with Crippen molar-refractivity contribution >= 4 is 22.7 Å². The van der Waals surface area contributed by atoms with E-state index in [0.29, 0.717) is 25.2 Å². The fourth-order valence-corrected chi connectivity index (χ4v) is 4.92. The Hall–Kier alpha value is -2.64. The van der Waals surface area contributed by atoms with Crippen molar-refractivity contribution in [2.45, 2.75) is 70.5 Å². The highest BCUT2D eigenvalue weighted by molar-refractivity contribution is 5.95. The molecular weight excluding hydrogens is 432 g/mol. The van der Waals surface area contributed by atoms with E-state index in [0.717, 1.165) is 61.7 Å². The summed E-state index contributed by atoms with van der Waals surface area (Å²) < 4.78 is 13.8. The van der Waals surface area contributed by atoms with Crippen LogP contribution in [0.2, 0.25) is 0 Å². The number of allylic oxidation sites excluding steroid dienone is 1. The molecule has 2 aliphatic rings. The van der Waals surface area contributed by atoms with Crippen molar-refractivity contribution in [3.05, 3.63) is 47.9 Å². The number of ether oxygens (including phenoxy) is 2. The average molecular weight is 469 g/mol. The van der Waals surface area contributed by atoms with Gasteiger partial charge in [0.25, 0.3) is 5.91 Å². The first kappa shape index (κ1) is 24.5. The number of aromatic nitrogens is 1. The number of likely N-dealkylation sites (tertiary alicyclic amines) is 1. The number of aliphatic hydroxyl groups excluding tert-OH is 1. The Morgan fingerprint density at radius 2 is 1.82 bits per heavy atom. The van der Waals surface area contributed by atoms with E-state index < -0.39 is 6.29 Å². The number of hydrogen-bond donors (Lipinski definition) is 1. The number of aliphatic hydroxyl groups is 1. The van der Waals surface area contributed by atoms with Crippen LogP contribution in [0.3, 0.4) is 0 Å². The van der Waals surface area contributed by atoms with Crippen LogP contribution in [0.1, 0.15) is 74.6 Å². The fraction of sp³-hybridized carbons (Fsp3) is 0.556. The first-order chi connectivity index (χ1) is 16.6. The van der Waals surface area contributed by atoms with Crippen molar-refractivity contribution in [1.82, 2.24) is 9.47 Å². The van der Waals surface area contributed by atoms with Crippen LogP contribution < -0.4 is 0 Å². The molecule has 1 saturated heterocycles. The molecule has 4 rings (SSSR count). The molecule has 2 aliphatic heterocycles. The summed E-state index contributed by atoms with van der Waals surface area (Å²) in [6.07, 6.45) is 10.7. The van der Waals surface area contributed by atoms with E-state index in [2.05, 4.69) is 0 Å². The zero-order valence-corrected chi connectivity index (χ0v) is 20.1. The lowest BCUT2D eigenvalue weighted by Gasteiger charge is -2.32. The Kier molecular flexibility index (Phi) is 8.40. The van der Waals surface area contributed by atoms with Crippen molar-refractivity contribution in [2.24, 2.45) is 0 Å². The van der Waals surface area contributed by atoms with E-state index in [-0.39, 0.29) is 24.3 Å². The van der Waals surface area contributed by atoms with Crippen LogP contribution in [0.5, 0.6) is 0 Å². The predicted octanol–water partition coefficient (Wildman–Crippen LogP) is 4.60. The van der Waals surface area contributed by atoms with Gasteiger partial charge < -0.3 is 19.5 Å². The highest BCUT2D eigenvalue weighted by Gasteiger charge is 2.32. The van der Waals surface area contributed by atoms with Crippen LogP contribution in [-0.4, -0.2) is 59.0 Å². The van der Waals surface area contributed by atoms with Crippen LogP contribution in [0.25, 0.3) is 10.9 Å². The second kappa shape index (κ2) is 11.7. The van der Waals surface area contributed by atoms with Crippen molar-refractivity contribution in [1.29, 1.82) is 0 Å². The number of unbranched alkanes of at least 4 members (excludes halogenated alkanes) is 1. The van der Waals surface area contributed by atoms with Crippen molar-refractivity contribution in [2.75, 3.05) is 26.3 Å². The quantitative estimate of drug-likeness (QED) is 0.601. The van der Waals surface area contributed by atoms with E-state index >= 15 is 0 Å². The van der Waals surface area contributed by atoms with Crippen LogP contribution in [0.4, 0.5) is 0 Å². The molecule has 0 bridgehead atoms. The Morgan fingerprint density at radius 3 is 2.56 bits per heavy atom. The SMILES string of the molecule is CC(=O)n1cc([C@@H]2C=C(C(=O)N3CCCCCCC3)O[C@H](OCCCCO)C2)c2ccccc21. The molecule has 7 heteroatoms. The maximum absolute atomic E-state index is 13.5. The van der Waals surface area contributed by atoms with Gasteiger partial charge in [0.15, 0.2) is 5.76 Å². The molecule has 1 N–H and O–H groups in total. The Balaban J connectivity index is 1.64. The lowest BCUT2D eigenvalue weighted by atomic mass is 9.92. The molecule has 0 unspecified atom stereocenters. The summed E-state index contributed by atoms with van der Waals surface area (Å²) in [5.74, 6) is 0.0949. The number of para-hydroxylation sites is 1. The van der Waals surface area contributed by atoms with Gasteiger partial charge in [0.05, 0.1) is 12.1 Å². The molecule has 0 radical (unpaired) electrons. The van der Waals surface area contributed by atoms with Gasteiger partial charge in [-0.1, -0.05) is 37.5 Å². The highest BCUT2D eigenvalue weighted by Crippen LogP contribution is 2.37. The zero-order valence-electron chi connectivity index (χ0n) is 20.1. The Bertz CT molecular complexity index is 1020. The number of hydrogen-bond acceptors (Lipinski definition) is 5. The number of benzene rings is 1. The minimum atomic E-state index is -0.554. The fourth-order valence-electron chi connectivity index (χ4n) is 4.92. The number of nitrogens with zero attached hydrogens (tertiary/aromatic N) is 2. The summed E-state index contributed by atoms with van der Waals surface area (Å²) in [4.78, 5) is 27.7. The molecule has 3 heterocycles. The Labute approximate surface area is 201 Å². The number of rotatable bonds is 7. The van der Waals surface area contributed by atoms with Gasteiger partial charge in [0, 0.05) is 50.5 Å². The standard InChI is InChI=1S/C27H36N2O5/c1-20(31)29-19-23(22-11-5-6-12-24(22)29)21-17-25(34-26(18-21)33-16-10-9-15-30)27(32)28-13-7-3-2-4-8-14-28/h5-6,11-12,17,19,21,26,30H,2-4,7-10,13-16,18H2,1H3/t21-,26+/m1/s1. The molecule has 0 saturated carbocycles. The molecule has 7 nitrogen and oxygen atoms in total. The Morgan fingerprint density at radius 1 is 1.09 bits per heavy atom. The molecule has 1 fully saturated rings. The van der Waals surface area contributed by atoms with Gasteiger partial charge in [-0.05, 0) is 43.4 Å². The van der Waals surface area contributed by atoms with E-state index in [1.54, 1.807) is 11.5 Å². The van der Waals surface area contributed by atoms with Crippen LogP contribution >= 0.6 is 0 Å². The van der Waals surface area contributed by atoms with Gasteiger partial charge in [-0.2, -0.15) is 0 Å². The van der Waals surface area contributed by atoms with Gasteiger partial charge in [-0.15, -0.1) is 0 Å². The smallest absolute Gasteiger partial charge is 0.288 e. The lowest BCUT2D eigenvalue weighted by Crippen LogP contribution is -2.38.